The van der Waals surface area contributed by atoms with E-state index in [0.29, 0.717) is 13.2 Å². The van der Waals surface area contributed by atoms with Crippen molar-refractivity contribution in [1.82, 2.24) is 0 Å². The lowest BCUT2D eigenvalue weighted by Gasteiger charge is -2.20. The SMILES string of the molecule is COCC(CCCN)Nc1ccc(Br)c2ccccc12. The van der Waals surface area contributed by atoms with Crippen molar-refractivity contribution in [3.05, 3.63) is 40.9 Å². The quantitative estimate of drug-likeness (QED) is 0.809. The Morgan fingerprint density at radius 2 is 1.95 bits per heavy atom. The van der Waals surface area contributed by atoms with Crippen LogP contribution in [0.3, 0.4) is 0 Å². The molecule has 4 heteroatoms. The van der Waals surface area contributed by atoms with Crippen molar-refractivity contribution in [2.45, 2.75) is 18.9 Å². The fraction of sp³-hybridized carbons (Fsp3) is 0.375. The fourth-order valence-corrected chi connectivity index (χ4v) is 2.85. The summed E-state index contributed by atoms with van der Waals surface area (Å²) in [5.74, 6) is 0. The highest BCUT2D eigenvalue weighted by Crippen LogP contribution is 2.30. The van der Waals surface area contributed by atoms with Crippen LogP contribution in [0, 0.1) is 0 Å². The Balaban J connectivity index is 2.25. The molecule has 0 saturated heterocycles. The maximum atomic E-state index is 5.60. The van der Waals surface area contributed by atoms with Crippen LogP contribution in [0.4, 0.5) is 5.69 Å². The summed E-state index contributed by atoms with van der Waals surface area (Å²) < 4.78 is 6.41. The lowest BCUT2D eigenvalue weighted by molar-refractivity contribution is 0.182. The standard InChI is InChI=1S/C16H21BrN2O/c1-20-11-12(5-4-10-18)19-16-9-8-15(17)13-6-2-3-7-14(13)16/h2-3,6-9,12,19H,4-5,10-11,18H2,1H3. The molecule has 2 aromatic rings. The van der Waals surface area contributed by atoms with Gasteiger partial charge in [-0.1, -0.05) is 40.2 Å². The van der Waals surface area contributed by atoms with Gasteiger partial charge in [0.2, 0.25) is 0 Å². The number of nitrogens with two attached hydrogens (primary N) is 1. The average Bonchev–Trinajstić information content (AvgIpc) is 2.48. The second-order valence-electron chi connectivity index (χ2n) is 4.87. The van der Waals surface area contributed by atoms with Gasteiger partial charge >= 0.3 is 0 Å². The molecule has 0 aliphatic rings. The molecule has 108 valence electrons. The van der Waals surface area contributed by atoms with Gasteiger partial charge in [0.05, 0.1) is 6.61 Å². The van der Waals surface area contributed by atoms with E-state index in [4.69, 9.17) is 10.5 Å². The molecule has 0 spiro atoms. The Morgan fingerprint density at radius 1 is 1.20 bits per heavy atom. The summed E-state index contributed by atoms with van der Waals surface area (Å²) in [6.07, 6.45) is 2.00. The highest BCUT2D eigenvalue weighted by Gasteiger charge is 2.10. The number of halogens is 1. The van der Waals surface area contributed by atoms with Gasteiger partial charge in [-0.15, -0.1) is 0 Å². The molecule has 1 unspecified atom stereocenters. The van der Waals surface area contributed by atoms with Crippen LogP contribution in [0.25, 0.3) is 10.8 Å². The molecule has 3 nitrogen and oxygen atoms in total. The molecule has 2 aromatic carbocycles. The van der Waals surface area contributed by atoms with E-state index in [1.165, 1.54) is 10.8 Å². The molecule has 0 heterocycles. The normalized spacial score (nSPS) is 12.6. The van der Waals surface area contributed by atoms with E-state index in [-0.39, 0.29) is 6.04 Å². The molecule has 0 aliphatic carbocycles. The molecule has 2 rings (SSSR count). The van der Waals surface area contributed by atoms with Crippen LogP contribution in [0.1, 0.15) is 12.8 Å². The van der Waals surface area contributed by atoms with Crippen molar-refractivity contribution in [3.63, 3.8) is 0 Å². The van der Waals surface area contributed by atoms with Crippen LogP contribution in [-0.4, -0.2) is 26.3 Å². The van der Waals surface area contributed by atoms with E-state index in [0.717, 1.165) is 23.0 Å². The second kappa shape index (κ2) is 7.62. The summed E-state index contributed by atoms with van der Waals surface area (Å²) in [5.41, 5.74) is 6.74. The van der Waals surface area contributed by atoms with Crippen molar-refractivity contribution >= 4 is 32.4 Å². The fourth-order valence-electron chi connectivity index (χ4n) is 2.37. The number of hydrogen-bond donors (Lipinski definition) is 2. The first kappa shape index (κ1) is 15.3. The number of anilines is 1. The van der Waals surface area contributed by atoms with Crippen LogP contribution in [-0.2, 0) is 4.74 Å². The van der Waals surface area contributed by atoms with E-state index < -0.39 is 0 Å². The van der Waals surface area contributed by atoms with E-state index in [9.17, 15) is 0 Å². The Kier molecular flexibility index (Phi) is 5.83. The number of nitrogens with one attached hydrogen (secondary N) is 1. The van der Waals surface area contributed by atoms with Crippen LogP contribution in [0.15, 0.2) is 40.9 Å². The summed E-state index contributed by atoms with van der Waals surface area (Å²) in [7, 11) is 1.73. The second-order valence-corrected chi connectivity index (χ2v) is 5.72. The molecular weight excluding hydrogens is 316 g/mol. The number of methoxy groups -OCH3 is 1. The molecule has 0 radical (unpaired) electrons. The minimum atomic E-state index is 0.285. The third-order valence-corrected chi connectivity index (χ3v) is 4.05. The first-order chi connectivity index (χ1) is 9.76. The zero-order chi connectivity index (χ0) is 14.4. The average molecular weight is 337 g/mol. The van der Waals surface area contributed by atoms with Crippen molar-refractivity contribution < 1.29 is 4.74 Å². The lowest BCUT2D eigenvalue weighted by atomic mass is 10.1. The number of fused-ring (bicyclic) bond motifs is 1. The predicted octanol–water partition coefficient (Wildman–Crippen LogP) is 3.77. The maximum absolute atomic E-state index is 5.60. The number of hydrogen-bond acceptors (Lipinski definition) is 3. The van der Waals surface area contributed by atoms with Gasteiger partial charge in [0.1, 0.15) is 0 Å². The highest BCUT2D eigenvalue weighted by atomic mass is 79.9. The molecule has 0 aromatic heterocycles. The number of benzene rings is 2. The molecule has 1 atom stereocenters. The third-order valence-electron chi connectivity index (χ3n) is 3.36. The molecule has 0 bridgehead atoms. The molecule has 0 amide bonds. The van der Waals surface area contributed by atoms with Crippen LogP contribution in [0.2, 0.25) is 0 Å². The van der Waals surface area contributed by atoms with Crippen molar-refractivity contribution in [1.29, 1.82) is 0 Å². The van der Waals surface area contributed by atoms with E-state index in [1.54, 1.807) is 7.11 Å². The minimum Gasteiger partial charge on any atom is -0.383 e. The summed E-state index contributed by atoms with van der Waals surface area (Å²) in [4.78, 5) is 0. The summed E-state index contributed by atoms with van der Waals surface area (Å²) >= 11 is 3.60. The maximum Gasteiger partial charge on any atom is 0.0664 e. The zero-order valence-electron chi connectivity index (χ0n) is 11.7. The number of ether oxygens (including phenoxy) is 1. The van der Waals surface area contributed by atoms with E-state index in [2.05, 4.69) is 57.6 Å². The molecular formula is C16H21BrN2O. The van der Waals surface area contributed by atoms with Gasteiger partial charge in [-0.05, 0) is 36.9 Å². The molecule has 0 saturated carbocycles. The van der Waals surface area contributed by atoms with Crippen LogP contribution in [0.5, 0.6) is 0 Å². The lowest BCUT2D eigenvalue weighted by Crippen LogP contribution is -2.26. The largest absolute Gasteiger partial charge is 0.383 e. The predicted molar refractivity (Wildman–Crippen MR) is 89.2 cm³/mol. The first-order valence-corrected chi connectivity index (χ1v) is 7.68. The summed E-state index contributed by atoms with van der Waals surface area (Å²) in [5, 5.41) is 6.02. The van der Waals surface area contributed by atoms with Gasteiger partial charge in [0.25, 0.3) is 0 Å². The minimum absolute atomic E-state index is 0.285. The molecule has 0 aliphatic heterocycles. The highest BCUT2D eigenvalue weighted by molar-refractivity contribution is 9.10. The summed E-state index contributed by atoms with van der Waals surface area (Å²) in [6, 6.07) is 12.8. The topological polar surface area (TPSA) is 47.3 Å². The Bertz CT molecular complexity index is 559. The van der Waals surface area contributed by atoms with E-state index in [1.807, 2.05) is 0 Å². The van der Waals surface area contributed by atoms with Crippen molar-refractivity contribution in [3.8, 4) is 0 Å². The van der Waals surface area contributed by atoms with Gasteiger partial charge in [0, 0.05) is 28.7 Å². The Morgan fingerprint density at radius 3 is 2.65 bits per heavy atom. The summed E-state index contributed by atoms with van der Waals surface area (Å²) in [6.45, 7) is 1.40. The van der Waals surface area contributed by atoms with Crippen LogP contribution < -0.4 is 11.1 Å². The Labute approximate surface area is 128 Å². The van der Waals surface area contributed by atoms with Crippen molar-refractivity contribution in [2.75, 3.05) is 25.6 Å². The van der Waals surface area contributed by atoms with Gasteiger partial charge in [-0.25, -0.2) is 0 Å². The van der Waals surface area contributed by atoms with Crippen LogP contribution >= 0.6 is 15.9 Å². The van der Waals surface area contributed by atoms with Gasteiger partial charge in [-0.3, -0.25) is 0 Å². The zero-order valence-corrected chi connectivity index (χ0v) is 13.3. The molecule has 0 fully saturated rings. The van der Waals surface area contributed by atoms with Gasteiger partial charge in [-0.2, -0.15) is 0 Å². The molecule has 20 heavy (non-hydrogen) atoms. The van der Waals surface area contributed by atoms with E-state index >= 15 is 0 Å². The third kappa shape index (κ3) is 3.72. The monoisotopic (exact) mass is 336 g/mol. The van der Waals surface area contributed by atoms with Gasteiger partial charge < -0.3 is 15.8 Å². The van der Waals surface area contributed by atoms with Crippen molar-refractivity contribution in [2.24, 2.45) is 5.73 Å². The number of rotatable bonds is 7. The Hall–Kier alpha value is -1.10. The smallest absolute Gasteiger partial charge is 0.0664 e. The van der Waals surface area contributed by atoms with Gasteiger partial charge in [0.15, 0.2) is 0 Å². The molecule has 3 N–H and O–H groups in total. The first-order valence-electron chi connectivity index (χ1n) is 6.89.